The van der Waals surface area contributed by atoms with Gasteiger partial charge >= 0.3 is 12.8 Å². The minimum Gasteiger partial charge on any atom is -0.492 e. The van der Waals surface area contributed by atoms with Gasteiger partial charge in [0.05, 0.1) is 17.0 Å². The van der Waals surface area contributed by atoms with Crippen LogP contribution >= 0.6 is 0 Å². The van der Waals surface area contributed by atoms with Crippen molar-refractivity contribution in [3.8, 4) is 11.6 Å². The van der Waals surface area contributed by atoms with Crippen molar-refractivity contribution in [3.05, 3.63) is 48.0 Å². The first-order valence-electron chi connectivity index (χ1n) is 10.0. The molecule has 4 N–H and O–H groups in total. The Balaban J connectivity index is 1.46. The maximum absolute atomic E-state index is 12.4. The van der Waals surface area contributed by atoms with Gasteiger partial charge in [-0.25, -0.2) is 8.42 Å². The van der Waals surface area contributed by atoms with Crippen molar-refractivity contribution >= 4 is 26.6 Å². The second kappa shape index (κ2) is 11.0. The lowest BCUT2D eigenvalue weighted by atomic mass is 10.1. The second-order valence-electron chi connectivity index (χ2n) is 7.28. The Hall–Kier alpha value is -3.17. The third-order valence-electron chi connectivity index (χ3n) is 4.48. The molecule has 0 saturated heterocycles. The van der Waals surface area contributed by atoms with E-state index in [2.05, 4.69) is 20.3 Å². The summed E-state index contributed by atoms with van der Waals surface area (Å²) in [6.07, 6.45) is -5.96. The molecule has 0 saturated carbocycles. The molecule has 192 valence electrons. The van der Waals surface area contributed by atoms with E-state index in [9.17, 15) is 35.5 Å². The van der Waals surface area contributed by atoms with Crippen LogP contribution in [0.4, 0.5) is 27.6 Å². The first-order chi connectivity index (χ1) is 16.4. The molecule has 35 heavy (non-hydrogen) atoms. The number of nitrogens with zero attached hydrogens (tertiary/aromatic N) is 1. The number of aliphatic hydroxyl groups excluding tert-OH is 1. The zero-order valence-electron chi connectivity index (χ0n) is 17.9. The largest absolute Gasteiger partial charge is 0.492 e. The van der Waals surface area contributed by atoms with Gasteiger partial charge in [-0.15, -0.1) is 5.10 Å². The highest BCUT2D eigenvalue weighted by atomic mass is 32.2. The van der Waals surface area contributed by atoms with Crippen LogP contribution in [0, 0.1) is 0 Å². The minimum atomic E-state index is -4.88. The summed E-state index contributed by atoms with van der Waals surface area (Å²) < 4.78 is 96.7. The molecule has 0 amide bonds. The molecule has 0 aliphatic carbocycles. The monoisotopic (exact) mass is 524 g/mol. The molecule has 0 fully saturated rings. The Morgan fingerprint density at radius 3 is 2.63 bits per heavy atom. The Morgan fingerprint density at radius 1 is 1.14 bits per heavy atom. The van der Waals surface area contributed by atoms with E-state index in [1.165, 1.54) is 30.3 Å². The van der Waals surface area contributed by atoms with Crippen molar-refractivity contribution in [2.24, 2.45) is 0 Å². The van der Waals surface area contributed by atoms with Crippen molar-refractivity contribution in [2.45, 2.75) is 18.9 Å². The van der Waals surface area contributed by atoms with E-state index < -0.39 is 34.7 Å². The van der Waals surface area contributed by atoms with Gasteiger partial charge in [-0.1, -0.05) is 12.1 Å². The summed E-state index contributed by atoms with van der Waals surface area (Å²) in [4.78, 5) is 0. The van der Waals surface area contributed by atoms with Gasteiger partial charge in [0.1, 0.15) is 12.4 Å². The average Bonchev–Trinajstić information content (AvgIpc) is 3.12. The summed E-state index contributed by atoms with van der Waals surface area (Å²) in [6.45, 7) is -2.46. The van der Waals surface area contributed by atoms with Crippen LogP contribution in [-0.2, 0) is 10.0 Å². The lowest BCUT2D eigenvalue weighted by Gasteiger charge is -2.15. The standard InChI is InChI=1S/C20H21F5N4O5S/c21-19(22)34-18-15-5-4-14(9-16(15)27-28-18)33-7-6-26-10-17(30)12-2-1-3-13(8-12)29-35(31,32)11-20(23,24)25/h1-5,8-9,17,19,26,29-30H,6-7,10-11H2,(H,27,28). The summed E-state index contributed by atoms with van der Waals surface area (Å²) in [6, 6.07) is 10.0. The Bertz CT molecular complexity index is 1240. The summed E-state index contributed by atoms with van der Waals surface area (Å²) in [7, 11) is -4.64. The highest BCUT2D eigenvalue weighted by Gasteiger charge is 2.35. The molecular weight excluding hydrogens is 503 g/mol. The molecule has 1 atom stereocenters. The van der Waals surface area contributed by atoms with Gasteiger partial charge in [-0.2, -0.15) is 22.0 Å². The molecule has 9 nitrogen and oxygen atoms in total. The number of aromatic amines is 1. The fourth-order valence-corrected chi connectivity index (χ4v) is 4.06. The number of alkyl halides is 5. The normalized spacial score (nSPS) is 13.2. The van der Waals surface area contributed by atoms with Gasteiger partial charge in [0, 0.05) is 24.8 Å². The van der Waals surface area contributed by atoms with Crippen molar-refractivity contribution in [3.63, 3.8) is 0 Å². The number of aromatic nitrogens is 2. The van der Waals surface area contributed by atoms with Gasteiger partial charge < -0.3 is 19.9 Å². The lowest BCUT2D eigenvalue weighted by Crippen LogP contribution is -2.28. The maximum atomic E-state index is 12.4. The van der Waals surface area contributed by atoms with Crippen molar-refractivity contribution < 1.29 is 45.0 Å². The number of ether oxygens (including phenoxy) is 2. The van der Waals surface area contributed by atoms with Crippen LogP contribution in [0.5, 0.6) is 11.6 Å². The van der Waals surface area contributed by atoms with E-state index in [0.717, 1.165) is 0 Å². The Labute approximate surface area is 196 Å². The third-order valence-corrected chi connectivity index (χ3v) is 5.74. The molecule has 2 aromatic carbocycles. The van der Waals surface area contributed by atoms with E-state index in [4.69, 9.17) is 4.74 Å². The van der Waals surface area contributed by atoms with E-state index >= 15 is 0 Å². The number of sulfonamides is 1. The number of rotatable bonds is 12. The number of aliphatic hydroxyl groups is 1. The number of halogens is 5. The van der Waals surface area contributed by atoms with Gasteiger partial charge in [-0.05, 0) is 29.8 Å². The van der Waals surface area contributed by atoms with Crippen LogP contribution in [0.15, 0.2) is 42.5 Å². The predicted octanol–water partition coefficient (Wildman–Crippen LogP) is 3.17. The Morgan fingerprint density at radius 2 is 1.91 bits per heavy atom. The van der Waals surface area contributed by atoms with Gasteiger partial charge in [0.2, 0.25) is 15.9 Å². The summed E-state index contributed by atoms with van der Waals surface area (Å²) in [5.74, 6) is -1.81. The van der Waals surface area contributed by atoms with Crippen LogP contribution in [0.1, 0.15) is 11.7 Å². The van der Waals surface area contributed by atoms with E-state index in [0.29, 0.717) is 23.2 Å². The quantitative estimate of drug-likeness (QED) is 0.212. The zero-order chi connectivity index (χ0) is 25.6. The number of hydrogen-bond acceptors (Lipinski definition) is 7. The number of anilines is 1. The lowest BCUT2D eigenvalue weighted by molar-refractivity contribution is -0.106. The number of benzene rings is 2. The number of hydrogen-bond donors (Lipinski definition) is 4. The average molecular weight is 524 g/mol. The summed E-state index contributed by atoms with van der Waals surface area (Å²) in [5, 5.41) is 19.8. The predicted molar refractivity (Wildman–Crippen MR) is 116 cm³/mol. The summed E-state index contributed by atoms with van der Waals surface area (Å²) >= 11 is 0. The zero-order valence-corrected chi connectivity index (χ0v) is 18.7. The topological polar surface area (TPSA) is 126 Å². The van der Waals surface area contributed by atoms with Crippen LogP contribution in [-0.4, -0.2) is 62.0 Å². The smallest absolute Gasteiger partial charge is 0.404 e. The highest BCUT2D eigenvalue weighted by Crippen LogP contribution is 2.27. The van der Waals surface area contributed by atoms with Gasteiger partial charge in [0.25, 0.3) is 0 Å². The first kappa shape index (κ1) is 26.4. The number of nitrogens with one attached hydrogen (secondary N) is 3. The molecule has 0 aliphatic heterocycles. The van der Waals surface area contributed by atoms with Crippen LogP contribution in [0.25, 0.3) is 10.9 Å². The van der Waals surface area contributed by atoms with E-state index in [1.807, 2.05) is 4.72 Å². The Kier molecular flexibility index (Phi) is 8.34. The molecular formula is C20H21F5N4O5S. The fraction of sp³-hybridized carbons (Fsp3) is 0.350. The molecule has 15 heteroatoms. The molecule has 0 aliphatic rings. The first-order valence-corrected chi connectivity index (χ1v) is 11.7. The van der Waals surface area contributed by atoms with Crippen LogP contribution < -0.4 is 19.5 Å². The molecule has 3 aromatic rings. The molecule has 3 rings (SSSR count). The highest BCUT2D eigenvalue weighted by molar-refractivity contribution is 7.92. The third kappa shape index (κ3) is 8.22. The van der Waals surface area contributed by atoms with Crippen LogP contribution in [0.3, 0.4) is 0 Å². The molecule has 1 aromatic heterocycles. The maximum Gasteiger partial charge on any atom is 0.404 e. The minimum absolute atomic E-state index is 0.0516. The molecule has 0 radical (unpaired) electrons. The van der Waals surface area contributed by atoms with Crippen molar-refractivity contribution in [2.75, 3.05) is 30.2 Å². The molecule has 0 bridgehead atoms. The van der Waals surface area contributed by atoms with Gasteiger partial charge in [-0.3, -0.25) is 9.82 Å². The van der Waals surface area contributed by atoms with Crippen LogP contribution in [0.2, 0.25) is 0 Å². The number of H-pyrrole nitrogens is 1. The fourth-order valence-electron chi connectivity index (χ4n) is 3.08. The number of fused-ring (bicyclic) bond motifs is 1. The van der Waals surface area contributed by atoms with E-state index in [1.54, 1.807) is 12.1 Å². The van der Waals surface area contributed by atoms with Gasteiger partial charge in [0.15, 0.2) is 5.75 Å². The van der Waals surface area contributed by atoms with E-state index in [-0.39, 0.29) is 30.3 Å². The molecule has 1 heterocycles. The second-order valence-corrected chi connectivity index (χ2v) is 9.01. The summed E-state index contributed by atoms with van der Waals surface area (Å²) in [5.41, 5.74) is 0.620. The molecule has 0 spiro atoms. The SMILES string of the molecule is O=S(=O)(CC(F)(F)F)Nc1cccc(C(O)CNCCOc2ccc3c(OC(F)F)n[nH]c3c2)c1. The van der Waals surface area contributed by atoms with Crippen molar-refractivity contribution in [1.82, 2.24) is 15.5 Å². The molecule has 1 unspecified atom stereocenters. The van der Waals surface area contributed by atoms with Crippen molar-refractivity contribution in [1.29, 1.82) is 0 Å².